The highest BCUT2D eigenvalue weighted by Crippen LogP contribution is 2.39. The molecule has 5 aromatic rings. The van der Waals surface area contributed by atoms with Crippen LogP contribution in [-0.4, -0.2) is 49.8 Å². The van der Waals surface area contributed by atoms with Gasteiger partial charge in [-0.3, -0.25) is 9.20 Å². The number of rotatable bonds is 6. The number of imidazole rings is 1. The summed E-state index contributed by atoms with van der Waals surface area (Å²) in [6.45, 7) is 3.06. The fraction of sp³-hybridized carbons (Fsp3) is 0.353. The van der Waals surface area contributed by atoms with Gasteiger partial charge in [0.15, 0.2) is 0 Å². The van der Waals surface area contributed by atoms with E-state index in [0.717, 1.165) is 90.1 Å². The summed E-state index contributed by atoms with van der Waals surface area (Å²) in [5.41, 5.74) is 17.7. The van der Waals surface area contributed by atoms with Crippen LogP contribution in [0.15, 0.2) is 73.1 Å². The zero-order chi connectivity index (χ0) is 28.6. The summed E-state index contributed by atoms with van der Waals surface area (Å²) in [7, 11) is 0. The number of hydrogen-bond acceptors (Lipinski definition) is 6. The minimum atomic E-state index is -0.144. The fourth-order valence-electron chi connectivity index (χ4n) is 6.98. The third-order valence-electron chi connectivity index (χ3n) is 9.36. The van der Waals surface area contributed by atoms with E-state index in [1.54, 1.807) is 6.20 Å². The lowest BCUT2D eigenvalue weighted by molar-refractivity contribution is -0.123. The number of amides is 1. The van der Waals surface area contributed by atoms with Crippen molar-refractivity contribution < 1.29 is 4.79 Å². The lowest BCUT2D eigenvalue weighted by Crippen LogP contribution is -2.41. The number of anilines is 1. The Morgan fingerprint density at radius 1 is 0.881 bits per heavy atom. The molecule has 1 saturated carbocycles. The number of nitrogen functional groups attached to an aromatic ring is 1. The van der Waals surface area contributed by atoms with Crippen molar-refractivity contribution in [3.63, 3.8) is 0 Å². The van der Waals surface area contributed by atoms with Crippen molar-refractivity contribution in [2.45, 2.75) is 44.4 Å². The number of likely N-dealkylation sites (tertiary alicyclic amines) is 1. The maximum Gasteiger partial charge on any atom is 0.220 e. The summed E-state index contributed by atoms with van der Waals surface area (Å²) in [5, 5.41) is 1.09. The number of primary amides is 1. The first kappa shape index (κ1) is 26.6. The molecule has 214 valence electrons. The smallest absolute Gasteiger partial charge is 0.220 e. The zero-order valence-corrected chi connectivity index (χ0v) is 23.8. The van der Waals surface area contributed by atoms with E-state index in [9.17, 15) is 4.79 Å². The second-order valence-corrected chi connectivity index (χ2v) is 12.0. The van der Waals surface area contributed by atoms with Gasteiger partial charge in [0.2, 0.25) is 5.91 Å². The van der Waals surface area contributed by atoms with Crippen molar-refractivity contribution in [1.82, 2.24) is 24.3 Å². The Bertz CT molecular complexity index is 1730. The molecule has 0 bridgehead atoms. The van der Waals surface area contributed by atoms with Gasteiger partial charge in [0.05, 0.1) is 11.2 Å². The van der Waals surface area contributed by atoms with Crippen LogP contribution < -0.4 is 11.5 Å². The Labute approximate surface area is 245 Å². The molecule has 1 aliphatic carbocycles. The van der Waals surface area contributed by atoms with Crippen LogP contribution >= 0.6 is 0 Å². The highest BCUT2D eigenvalue weighted by atomic mass is 16.1. The Kier molecular flexibility index (Phi) is 7.07. The molecule has 1 amide bonds. The molecule has 2 fully saturated rings. The second kappa shape index (κ2) is 11.2. The fourth-order valence-corrected chi connectivity index (χ4v) is 6.98. The molecule has 0 atom stereocenters. The normalized spacial score (nSPS) is 20.3. The van der Waals surface area contributed by atoms with Gasteiger partial charge in [0.1, 0.15) is 22.9 Å². The first-order valence-corrected chi connectivity index (χ1v) is 15.1. The van der Waals surface area contributed by atoms with E-state index in [1.165, 1.54) is 12.8 Å². The highest BCUT2D eigenvalue weighted by molar-refractivity contribution is 5.91. The molecule has 8 nitrogen and oxygen atoms in total. The molecule has 4 heterocycles. The molecule has 2 aliphatic rings. The number of hydrogen-bond donors (Lipinski definition) is 2. The summed E-state index contributed by atoms with van der Waals surface area (Å²) in [5.74, 6) is 2.51. The summed E-state index contributed by atoms with van der Waals surface area (Å²) in [4.78, 5) is 28.7. The summed E-state index contributed by atoms with van der Waals surface area (Å²) in [6.07, 6.45) is 10.1. The average Bonchev–Trinajstić information content (AvgIpc) is 3.43. The van der Waals surface area contributed by atoms with Crippen molar-refractivity contribution in [1.29, 1.82) is 0 Å². The number of piperidine rings is 1. The number of carbonyl (C=O) groups excluding carboxylic acids is 1. The predicted octanol–water partition coefficient (Wildman–Crippen LogP) is 5.66. The number of benzene rings is 2. The molecule has 42 heavy (non-hydrogen) atoms. The van der Waals surface area contributed by atoms with Crippen LogP contribution in [-0.2, 0) is 4.79 Å². The van der Waals surface area contributed by atoms with Crippen LogP contribution in [0.4, 0.5) is 5.82 Å². The summed E-state index contributed by atoms with van der Waals surface area (Å²) < 4.78 is 2.16. The molecule has 8 heteroatoms. The van der Waals surface area contributed by atoms with Gasteiger partial charge in [-0.25, -0.2) is 15.0 Å². The quantitative estimate of drug-likeness (QED) is 0.277. The van der Waals surface area contributed by atoms with Crippen LogP contribution in [0.5, 0.6) is 0 Å². The van der Waals surface area contributed by atoms with Crippen molar-refractivity contribution in [2.75, 3.05) is 25.4 Å². The Morgan fingerprint density at radius 2 is 1.64 bits per heavy atom. The summed E-state index contributed by atoms with van der Waals surface area (Å²) in [6, 6.07) is 20.8. The van der Waals surface area contributed by atoms with Gasteiger partial charge < -0.3 is 16.4 Å². The Hall–Kier alpha value is -4.30. The van der Waals surface area contributed by atoms with Crippen molar-refractivity contribution >= 4 is 28.1 Å². The van der Waals surface area contributed by atoms with E-state index in [1.807, 2.05) is 24.4 Å². The monoisotopic (exact) mass is 559 g/mol. The van der Waals surface area contributed by atoms with Gasteiger partial charge in [0, 0.05) is 47.3 Å². The average molecular weight is 560 g/mol. The number of carbonyl (C=O) groups is 1. The Balaban J connectivity index is 1.13. The maximum atomic E-state index is 11.5. The van der Waals surface area contributed by atoms with E-state index >= 15 is 0 Å². The SMILES string of the molecule is NC(=O)C1CCN(CC2CCC(c3nc(-c4ccc5ccc(-c6ccccc6)nc5c4)c4c(N)nccn34)CC2)CC1. The second-order valence-electron chi connectivity index (χ2n) is 12.0. The van der Waals surface area contributed by atoms with Gasteiger partial charge in [-0.15, -0.1) is 0 Å². The molecule has 3 aromatic heterocycles. The van der Waals surface area contributed by atoms with Gasteiger partial charge in [-0.05, 0) is 69.7 Å². The van der Waals surface area contributed by atoms with Crippen molar-refractivity contribution in [3.05, 3.63) is 78.9 Å². The van der Waals surface area contributed by atoms with Gasteiger partial charge in [-0.2, -0.15) is 0 Å². The molecule has 7 rings (SSSR count). The van der Waals surface area contributed by atoms with Crippen molar-refractivity contribution in [2.24, 2.45) is 17.6 Å². The number of fused-ring (bicyclic) bond motifs is 2. The number of nitrogens with two attached hydrogens (primary N) is 2. The first-order chi connectivity index (χ1) is 20.5. The van der Waals surface area contributed by atoms with Crippen LogP contribution in [0.3, 0.4) is 0 Å². The third kappa shape index (κ3) is 5.11. The minimum absolute atomic E-state index is 0.0473. The first-order valence-electron chi connectivity index (χ1n) is 15.1. The summed E-state index contributed by atoms with van der Waals surface area (Å²) >= 11 is 0. The van der Waals surface area contributed by atoms with Crippen LogP contribution in [0, 0.1) is 11.8 Å². The van der Waals surface area contributed by atoms with Crippen molar-refractivity contribution in [3.8, 4) is 22.5 Å². The highest BCUT2D eigenvalue weighted by Gasteiger charge is 2.30. The Morgan fingerprint density at radius 3 is 2.40 bits per heavy atom. The topological polar surface area (TPSA) is 115 Å². The molecular weight excluding hydrogens is 522 g/mol. The largest absolute Gasteiger partial charge is 0.382 e. The molecular formula is C34H37N7O. The maximum absolute atomic E-state index is 11.5. The van der Waals surface area contributed by atoms with Crippen LogP contribution in [0.1, 0.15) is 50.3 Å². The zero-order valence-electron chi connectivity index (χ0n) is 23.8. The standard InChI is InChI=1S/C34H37N7O/c35-32-31-30(27-11-10-24-12-13-28(38-29(24)20-27)23-4-2-1-3-5-23)39-34(41(31)19-16-37-32)26-8-6-22(7-9-26)21-40-17-14-25(15-18-40)33(36)42/h1-5,10-13,16,19-20,22,25-26H,6-9,14-15,17-18,21H2,(H2,35,37)(H2,36,42). The molecule has 1 saturated heterocycles. The van der Waals surface area contributed by atoms with Gasteiger partial charge in [0.25, 0.3) is 0 Å². The lowest BCUT2D eigenvalue weighted by Gasteiger charge is -2.35. The van der Waals surface area contributed by atoms with Gasteiger partial charge in [-0.1, -0.05) is 48.5 Å². The molecule has 0 spiro atoms. The van der Waals surface area contributed by atoms with E-state index in [0.29, 0.717) is 17.7 Å². The third-order valence-corrected chi connectivity index (χ3v) is 9.36. The molecule has 4 N–H and O–H groups in total. The number of pyridine rings is 1. The minimum Gasteiger partial charge on any atom is -0.382 e. The number of nitrogens with zero attached hydrogens (tertiary/aromatic N) is 5. The predicted molar refractivity (Wildman–Crippen MR) is 167 cm³/mol. The van der Waals surface area contributed by atoms with Gasteiger partial charge >= 0.3 is 0 Å². The lowest BCUT2D eigenvalue weighted by atomic mass is 9.81. The molecule has 0 unspecified atom stereocenters. The molecule has 0 radical (unpaired) electrons. The molecule has 1 aliphatic heterocycles. The van der Waals surface area contributed by atoms with E-state index in [4.69, 9.17) is 21.4 Å². The van der Waals surface area contributed by atoms with E-state index in [2.05, 4.69) is 56.7 Å². The number of aromatic nitrogens is 4. The van der Waals surface area contributed by atoms with Crippen LogP contribution in [0.25, 0.3) is 38.9 Å². The van der Waals surface area contributed by atoms with E-state index < -0.39 is 0 Å². The molecule has 2 aromatic carbocycles. The van der Waals surface area contributed by atoms with E-state index in [-0.39, 0.29) is 11.8 Å². The van der Waals surface area contributed by atoms with Crippen LogP contribution in [0.2, 0.25) is 0 Å².